The SMILES string of the molecule is Cc1cc(C)c(NC(=O)[C@H]2Cc3ccccc3CN2C(=O)c2ccco2)c(C)c1. The first-order valence-corrected chi connectivity index (χ1v) is 9.74. The maximum Gasteiger partial charge on any atom is 0.290 e. The summed E-state index contributed by atoms with van der Waals surface area (Å²) in [5.41, 5.74) is 6.13. The molecular weight excluding hydrogens is 364 g/mol. The van der Waals surface area contributed by atoms with Crippen molar-refractivity contribution in [3.05, 3.63) is 88.4 Å². The number of carbonyl (C=O) groups is 2. The van der Waals surface area contributed by atoms with Crippen LogP contribution in [-0.4, -0.2) is 22.8 Å². The van der Waals surface area contributed by atoms with Crippen molar-refractivity contribution in [1.29, 1.82) is 0 Å². The van der Waals surface area contributed by atoms with Crippen LogP contribution < -0.4 is 5.32 Å². The molecule has 1 N–H and O–H groups in total. The van der Waals surface area contributed by atoms with E-state index in [0.717, 1.165) is 33.5 Å². The molecule has 2 aromatic carbocycles. The molecule has 1 aromatic heterocycles. The molecule has 5 nitrogen and oxygen atoms in total. The molecule has 0 saturated heterocycles. The molecule has 3 aromatic rings. The number of nitrogens with zero attached hydrogens (tertiary/aromatic N) is 1. The summed E-state index contributed by atoms with van der Waals surface area (Å²) in [6.07, 6.45) is 1.94. The van der Waals surface area contributed by atoms with Crippen LogP contribution in [0, 0.1) is 20.8 Å². The summed E-state index contributed by atoms with van der Waals surface area (Å²) < 4.78 is 5.31. The molecule has 0 unspecified atom stereocenters. The van der Waals surface area contributed by atoms with E-state index in [9.17, 15) is 9.59 Å². The Morgan fingerprint density at radius 1 is 1.00 bits per heavy atom. The van der Waals surface area contributed by atoms with Gasteiger partial charge < -0.3 is 14.6 Å². The van der Waals surface area contributed by atoms with Crippen LogP contribution in [0.25, 0.3) is 0 Å². The van der Waals surface area contributed by atoms with Crippen LogP contribution in [0.1, 0.15) is 38.4 Å². The predicted octanol–water partition coefficient (Wildman–Crippen LogP) is 4.41. The number of fused-ring (bicyclic) bond motifs is 1. The molecule has 5 heteroatoms. The fraction of sp³-hybridized carbons (Fsp3) is 0.250. The highest BCUT2D eigenvalue weighted by Gasteiger charge is 2.36. The molecule has 29 heavy (non-hydrogen) atoms. The van der Waals surface area contributed by atoms with E-state index in [1.165, 1.54) is 6.26 Å². The Labute approximate surface area is 170 Å². The minimum Gasteiger partial charge on any atom is -0.459 e. The van der Waals surface area contributed by atoms with Gasteiger partial charge in [-0.25, -0.2) is 0 Å². The van der Waals surface area contributed by atoms with E-state index in [4.69, 9.17) is 4.42 Å². The number of benzene rings is 2. The van der Waals surface area contributed by atoms with Gasteiger partial charge in [-0.2, -0.15) is 0 Å². The van der Waals surface area contributed by atoms with Crippen LogP contribution in [0.2, 0.25) is 0 Å². The van der Waals surface area contributed by atoms with Gasteiger partial charge in [0, 0.05) is 18.7 Å². The van der Waals surface area contributed by atoms with E-state index in [2.05, 4.69) is 5.32 Å². The average Bonchev–Trinajstić information content (AvgIpc) is 3.23. The lowest BCUT2D eigenvalue weighted by molar-refractivity contribution is -0.121. The number of anilines is 1. The van der Waals surface area contributed by atoms with Gasteiger partial charge in [-0.1, -0.05) is 42.0 Å². The summed E-state index contributed by atoms with van der Waals surface area (Å²) in [6.45, 7) is 6.38. The quantitative estimate of drug-likeness (QED) is 0.723. The fourth-order valence-corrected chi connectivity index (χ4v) is 4.10. The zero-order valence-electron chi connectivity index (χ0n) is 16.9. The Bertz CT molecular complexity index is 1050. The fourth-order valence-electron chi connectivity index (χ4n) is 4.10. The predicted molar refractivity (Wildman–Crippen MR) is 112 cm³/mol. The van der Waals surface area contributed by atoms with Gasteiger partial charge >= 0.3 is 0 Å². The van der Waals surface area contributed by atoms with Crippen LogP contribution in [0.5, 0.6) is 0 Å². The standard InChI is InChI=1S/C24H24N2O3/c1-15-11-16(2)22(17(3)12-15)25-23(27)20-13-18-7-4-5-8-19(18)14-26(20)24(28)21-9-6-10-29-21/h4-12,20H,13-14H2,1-3H3,(H,25,27)/t20-/m1/s1. The van der Waals surface area contributed by atoms with Crippen molar-refractivity contribution in [3.8, 4) is 0 Å². The minimum atomic E-state index is -0.609. The second kappa shape index (κ2) is 7.59. The number of furan rings is 1. The number of carbonyl (C=O) groups excluding carboxylic acids is 2. The van der Waals surface area contributed by atoms with Crippen LogP contribution in [0.4, 0.5) is 5.69 Å². The van der Waals surface area contributed by atoms with Gasteiger partial charge in [-0.15, -0.1) is 0 Å². The first-order chi connectivity index (χ1) is 13.9. The van der Waals surface area contributed by atoms with E-state index in [-0.39, 0.29) is 17.6 Å². The summed E-state index contributed by atoms with van der Waals surface area (Å²) >= 11 is 0. The molecule has 0 spiro atoms. The number of hydrogen-bond donors (Lipinski definition) is 1. The summed E-state index contributed by atoms with van der Waals surface area (Å²) in [7, 11) is 0. The Hall–Kier alpha value is -3.34. The molecule has 1 aliphatic heterocycles. The number of nitrogens with one attached hydrogen (secondary N) is 1. The molecular formula is C24H24N2O3. The second-order valence-electron chi connectivity index (χ2n) is 7.66. The highest BCUT2D eigenvalue weighted by atomic mass is 16.3. The van der Waals surface area contributed by atoms with Gasteiger partial charge in [0.1, 0.15) is 6.04 Å². The Morgan fingerprint density at radius 3 is 2.34 bits per heavy atom. The Morgan fingerprint density at radius 2 is 1.69 bits per heavy atom. The smallest absolute Gasteiger partial charge is 0.290 e. The molecule has 1 aliphatic rings. The summed E-state index contributed by atoms with van der Waals surface area (Å²) in [5, 5.41) is 3.07. The molecule has 0 radical (unpaired) electrons. The molecule has 0 aliphatic carbocycles. The lowest BCUT2D eigenvalue weighted by Gasteiger charge is -2.35. The zero-order chi connectivity index (χ0) is 20.5. The van der Waals surface area contributed by atoms with Gasteiger partial charge in [0.2, 0.25) is 5.91 Å². The lowest BCUT2D eigenvalue weighted by Crippen LogP contribution is -2.50. The van der Waals surface area contributed by atoms with Crippen molar-refractivity contribution in [2.45, 2.75) is 39.8 Å². The Balaban J connectivity index is 1.67. The highest BCUT2D eigenvalue weighted by Crippen LogP contribution is 2.28. The van der Waals surface area contributed by atoms with Crippen LogP contribution in [0.15, 0.2) is 59.2 Å². The molecule has 2 amide bonds. The van der Waals surface area contributed by atoms with Crippen LogP contribution in [-0.2, 0) is 17.8 Å². The summed E-state index contributed by atoms with van der Waals surface area (Å²) in [4.78, 5) is 28.0. The third kappa shape index (κ3) is 3.68. The normalized spacial score (nSPS) is 15.7. The van der Waals surface area contributed by atoms with Gasteiger partial charge in [0.05, 0.1) is 6.26 Å². The zero-order valence-corrected chi connectivity index (χ0v) is 16.9. The number of hydrogen-bond acceptors (Lipinski definition) is 3. The largest absolute Gasteiger partial charge is 0.459 e. The first kappa shape index (κ1) is 19.0. The van der Waals surface area contributed by atoms with Crippen molar-refractivity contribution in [3.63, 3.8) is 0 Å². The van der Waals surface area contributed by atoms with Crippen molar-refractivity contribution >= 4 is 17.5 Å². The van der Waals surface area contributed by atoms with E-state index in [1.807, 2.05) is 57.2 Å². The average molecular weight is 388 g/mol. The topological polar surface area (TPSA) is 62.6 Å². The van der Waals surface area contributed by atoms with Crippen LogP contribution >= 0.6 is 0 Å². The van der Waals surface area contributed by atoms with Crippen LogP contribution in [0.3, 0.4) is 0 Å². The molecule has 0 fully saturated rings. The molecule has 0 bridgehead atoms. The third-order valence-electron chi connectivity index (χ3n) is 5.47. The maximum atomic E-state index is 13.3. The number of amides is 2. The first-order valence-electron chi connectivity index (χ1n) is 9.74. The van der Waals surface area contributed by atoms with Crippen molar-refractivity contribution in [2.75, 3.05) is 5.32 Å². The lowest BCUT2D eigenvalue weighted by atomic mass is 9.93. The summed E-state index contributed by atoms with van der Waals surface area (Å²) in [6, 6.07) is 14.7. The maximum absolute atomic E-state index is 13.3. The Kier molecular flexibility index (Phi) is 4.97. The highest BCUT2D eigenvalue weighted by molar-refractivity contribution is 6.01. The van der Waals surface area contributed by atoms with Crippen molar-refractivity contribution in [1.82, 2.24) is 4.90 Å². The second-order valence-corrected chi connectivity index (χ2v) is 7.66. The van der Waals surface area contributed by atoms with Gasteiger partial charge in [-0.05, 0) is 55.2 Å². The van der Waals surface area contributed by atoms with Gasteiger partial charge in [0.15, 0.2) is 5.76 Å². The van der Waals surface area contributed by atoms with Crippen molar-refractivity contribution < 1.29 is 14.0 Å². The van der Waals surface area contributed by atoms with Crippen molar-refractivity contribution in [2.24, 2.45) is 0 Å². The third-order valence-corrected chi connectivity index (χ3v) is 5.47. The van der Waals surface area contributed by atoms with Gasteiger partial charge in [-0.3, -0.25) is 9.59 Å². The van der Waals surface area contributed by atoms with E-state index in [0.29, 0.717) is 13.0 Å². The number of aryl methyl sites for hydroxylation is 3. The summed E-state index contributed by atoms with van der Waals surface area (Å²) in [5.74, 6) is -0.221. The van der Waals surface area contributed by atoms with Gasteiger partial charge in [0.25, 0.3) is 5.91 Å². The van der Waals surface area contributed by atoms with E-state index in [1.54, 1.807) is 17.0 Å². The molecule has 1 atom stereocenters. The van der Waals surface area contributed by atoms with E-state index < -0.39 is 6.04 Å². The molecule has 4 rings (SSSR count). The molecule has 148 valence electrons. The van der Waals surface area contributed by atoms with E-state index >= 15 is 0 Å². The molecule has 0 saturated carbocycles. The monoisotopic (exact) mass is 388 g/mol. The molecule has 2 heterocycles. The minimum absolute atomic E-state index is 0.186. The number of rotatable bonds is 3.